The van der Waals surface area contributed by atoms with E-state index in [0.29, 0.717) is 16.8 Å². The van der Waals surface area contributed by atoms with E-state index in [9.17, 15) is 9.65 Å². The highest BCUT2D eigenvalue weighted by Gasteiger charge is 2.19. The fourth-order valence-corrected chi connectivity index (χ4v) is 2.73. The van der Waals surface area contributed by atoms with Crippen LogP contribution in [-0.4, -0.2) is 4.98 Å². The summed E-state index contributed by atoms with van der Waals surface area (Å²) >= 11 is 0. The summed E-state index contributed by atoms with van der Waals surface area (Å²) in [5.41, 5.74) is 9.82. The van der Waals surface area contributed by atoms with Gasteiger partial charge in [-0.1, -0.05) is 42.5 Å². The quantitative estimate of drug-likeness (QED) is 0.767. The highest BCUT2D eigenvalue weighted by Crippen LogP contribution is 2.38. The summed E-state index contributed by atoms with van der Waals surface area (Å²) in [4.78, 5) is 4.29. The fourth-order valence-electron chi connectivity index (χ4n) is 2.73. The largest absolute Gasteiger partial charge is 0.383 e. The summed E-state index contributed by atoms with van der Waals surface area (Å²) in [5.74, 6) is -0.206. The molecule has 0 saturated carbocycles. The average molecular weight is 303 g/mol. The molecule has 0 spiro atoms. The summed E-state index contributed by atoms with van der Waals surface area (Å²) in [5, 5.41) is 9.53. The van der Waals surface area contributed by atoms with Crippen LogP contribution in [0, 0.1) is 24.1 Å². The van der Waals surface area contributed by atoms with Gasteiger partial charge < -0.3 is 5.73 Å². The number of aryl methyl sites for hydroxylation is 1. The summed E-state index contributed by atoms with van der Waals surface area (Å²) in [7, 11) is 0. The first-order valence-electron chi connectivity index (χ1n) is 7.13. The van der Waals surface area contributed by atoms with Crippen molar-refractivity contribution in [3.63, 3.8) is 0 Å². The molecule has 0 aliphatic heterocycles. The summed E-state index contributed by atoms with van der Waals surface area (Å²) in [6.45, 7) is 1.84. The number of nitriles is 1. The Morgan fingerprint density at radius 3 is 2.35 bits per heavy atom. The van der Waals surface area contributed by atoms with Crippen LogP contribution in [0.4, 0.5) is 10.2 Å². The maximum absolute atomic E-state index is 13.7. The molecule has 3 aromatic rings. The number of pyridine rings is 1. The molecular formula is C19H14FN3. The third-order valence-corrected chi connectivity index (χ3v) is 3.69. The standard InChI is InChI=1S/C19H14FN3/c1-12-17(13-6-3-2-4-7-13)18(16(11-21)19(22)23-12)14-8-5-9-15(20)10-14/h2-10H,1H3,(H2,22,23). The van der Waals surface area contributed by atoms with Gasteiger partial charge in [-0.2, -0.15) is 5.26 Å². The molecular weight excluding hydrogens is 289 g/mol. The molecule has 3 rings (SSSR count). The molecule has 1 heterocycles. The lowest BCUT2D eigenvalue weighted by molar-refractivity contribution is 0.628. The van der Waals surface area contributed by atoms with Gasteiger partial charge in [-0.25, -0.2) is 9.37 Å². The molecule has 2 aromatic carbocycles. The van der Waals surface area contributed by atoms with Crippen LogP contribution in [0.2, 0.25) is 0 Å². The van der Waals surface area contributed by atoms with Gasteiger partial charge in [-0.15, -0.1) is 0 Å². The van der Waals surface area contributed by atoms with Gasteiger partial charge in [0.2, 0.25) is 0 Å². The number of nitrogen functional groups attached to an aromatic ring is 1. The van der Waals surface area contributed by atoms with Gasteiger partial charge >= 0.3 is 0 Å². The Hall–Kier alpha value is -3.19. The van der Waals surface area contributed by atoms with Crippen molar-refractivity contribution in [3.05, 3.63) is 71.7 Å². The van der Waals surface area contributed by atoms with Gasteiger partial charge in [-0.3, -0.25) is 0 Å². The first-order chi connectivity index (χ1) is 11.1. The Balaban J connectivity index is 2.43. The van der Waals surface area contributed by atoms with E-state index in [1.54, 1.807) is 12.1 Å². The van der Waals surface area contributed by atoms with Gasteiger partial charge in [-0.05, 0) is 30.2 Å². The minimum Gasteiger partial charge on any atom is -0.383 e. The highest BCUT2D eigenvalue weighted by atomic mass is 19.1. The second-order valence-corrected chi connectivity index (χ2v) is 5.20. The van der Waals surface area contributed by atoms with Crippen molar-refractivity contribution in [1.82, 2.24) is 4.98 Å². The third-order valence-electron chi connectivity index (χ3n) is 3.69. The Bertz CT molecular complexity index is 912. The number of aromatic nitrogens is 1. The molecule has 0 unspecified atom stereocenters. The van der Waals surface area contributed by atoms with Crippen LogP contribution in [-0.2, 0) is 0 Å². The predicted octanol–water partition coefficient (Wildman–Crippen LogP) is 4.32. The second kappa shape index (κ2) is 5.90. The maximum Gasteiger partial charge on any atom is 0.142 e. The lowest BCUT2D eigenvalue weighted by Crippen LogP contribution is -2.03. The molecule has 0 aliphatic rings. The van der Waals surface area contributed by atoms with Gasteiger partial charge in [0.05, 0.1) is 0 Å². The van der Waals surface area contributed by atoms with Gasteiger partial charge in [0.1, 0.15) is 23.3 Å². The van der Waals surface area contributed by atoms with Crippen LogP contribution < -0.4 is 5.73 Å². The first-order valence-corrected chi connectivity index (χ1v) is 7.13. The summed E-state index contributed by atoms with van der Waals surface area (Å²) in [6.07, 6.45) is 0. The summed E-state index contributed by atoms with van der Waals surface area (Å²) < 4.78 is 13.7. The van der Waals surface area contributed by atoms with Crippen molar-refractivity contribution >= 4 is 5.82 Å². The first kappa shape index (κ1) is 14.7. The van der Waals surface area contributed by atoms with E-state index in [1.165, 1.54) is 12.1 Å². The zero-order chi connectivity index (χ0) is 16.4. The van der Waals surface area contributed by atoms with E-state index < -0.39 is 0 Å². The molecule has 112 valence electrons. The number of anilines is 1. The van der Waals surface area contributed by atoms with Crippen molar-refractivity contribution in [3.8, 4) is 28.3 Å². The van der Waals surface area contributed by atoms with Gasteiger partial charge in [0, 0.05) is 16.8 Å². The normalized spacial score (nSPS) is 10.3. The van der Waals surface area contributed by atoms with Crippen molar-refractivity contribution in [2.45, 2.75) is 6.92 Å². The van der Waals surface area contributed by atoms with Crippen molar-refractivity contribution in [1.29, 1.82) is 5.26 Å². The van der Waals surface area contributed by atoms with Crippen molar-refractivity contribution < 1.29 is 4.39 Å². The van der Waals surface area contributed by atoms with E-state index in [2.05, 4.69) is 11.1 Å². The molecule has 0 atom stereocenters. The topological polar surface area (TPSA) is 62.7 Å². The van der Waals surface area contributed by atoms with Gasteiger partial charge in [0.15, 0.2) is 0 Å². The molecule has 4 heteroatoms. The molecule has 0 fully saturated rings. The van der Waals surface area contributed by atoms with Crippen LogP contribution in [0.1, 0.15) is 11.3 Å². The lowest BCUT2D eigenvalue weighted by atomic mass is 9.90. The Morgan fingerprint density at radius 2 is 1.70 bits per heavy atom. The molecule has 0 aliphatic carbocycles. The number of hydrogen-bond donors (Lipinski definition) is 1. The van der Waals surface area contributed by atoms with E-state index in [4.69, 9.17) is 5.73 Å². The molecule has 0 saturated heterocycles. The SMILES string of the molecule is Cc1nc(N)c(C#N)c(-c2cccc(F)c2)c1-c1ccccc1. The minimum absolute atomic E-state index is 0.156. The third kappa shape index (κ3) is 2.65. The molecule has 0 radical (unpaired) electrons. The minimum atomic E-state index is -0.363. The summed E-state index contributed by atoms with van der Waals surface area (Å²) in [6, 6.07) is 17.9. The van der Waals surface area contributed by atoms with E-state index in [-0.39, 0.29) is 17.2 Å². The predicted molar refractivity (Wildman–Crippen MR) is 88.9 cm³/mol. The maximum atomic E-state index is 13.7. The highest BCUT2D eigenvalue weighted by molar-refractivity contribution is 5.91. The Labute approximate surface area is 133 Å². The second-order valence-electron chi connectivity index (χ2n) is 5.20. The number of nitrogens with zero attached hydrogens (tertiary/aromatic N) is 2. The molecule has 2 N–H and O–H groups in total. The van der Waals surface area contributed by atoms with E-state index in [0.717, 1.165) is 11.1 Å². The smallest absolute Gasteiger partial charge is 0.142 e. The molecule has 0 bridgehead atoms. The van der Waals surface area contributed by atoms with Gasteiger partial charge in [0.25, 0.3) is 0 Å². The zero-order valence-corrected chi connectivity index (χ0v) is 12.5. The van der Waals surface area contributed by atoms with Crippen molar-refractivity contribution in [2.24, 2.45) is 0 Å². The number of benzene rings is 2. The molecule has 0 amide bonds. The van der Waals surface area contributed by atoms with E-state index in [1.807, 2.05) is 37.3 Å². The zero-order valence-electron chi connectivity index (χ0n) is 12.5. The fraction of sp³-hybridized carbons (Fsp3) is 0.0526. The number of nitrogens with two attached hydrogens (primary N) is 1. The van der Waals surface area contributed by atoms with Crippen molar-refractivity contribution in [2.75, 3.05) is 5.73 Å². The monoisotopic (exact) mass is 303 g/mol. The Kier molecular flexibility index (Phi) is 3.78. The van der Waals surface area contributed by atoms with Crippen LogP contribution >= 0.6 is 0 Å². The molecule has 3 nitrogen and oxygen atoms in total. The van der Waals surface area contributed by atoms with Crippen LogP contribution in [0.5, 0.6) is 0 Å². The molecule has 1 aromatic heterocycles. The lowest BCUT2D eigenvalue weighted by Gasteiger charge is -2.16. The molecule has 23 heavy (non-hydrogen) atoms. The van der Waals surface area contributed by atoms with Crippen LogP contribution in [0.25, 0.3) is 22.3 Å². The Morgan fingerprint density at radius 1 is 1.00 bits per heavy atom. The number of halogens is 1. The van der Waals surface area contributed by atoms with Crippen LogP contribution in [0.3, 0.4) is 0 Å². The van der Waals surface area contributed by atoms with E-state index >= 15 is 0 Å². The average Bonchev–Trinajstić information content (AvgIpc) is 2.55. The number of hydrogen-bond acceptors (Lipinski definition) is 3. The van der Waals surface area contributed by atoms with Crippen LogP contribution in [0.15, 0.2) is 54.6 Å². The number of rotatable bonds is 2.